The average molecular weight is 948 g/mol. The van der Waals surface area contributed by atoms with Crippen molar-refractivity contribution < 1.29 is 0 Å². The summed E-state index contributed by atoms with van der Waals surface area (Å²) in [4.78, 5) is 24.4. The molecule has 0 aliphatic heterocycles. The van der Waals surface area contributed by atoms with Gasteiger partial charge >= 0.3 is 0 Å². The van der Waals surface area contributed by atoms with Gasteiger partial charge in [-0.2, -0.15) is 15.2 Å². The largest absolute Gasteiger partial charge is 0.310 e. The first-order valence-corrected chi connectivity index (χ1v) is 24.3. The molecule has 13 rings (SSSR count). The molecule has 0 unspecified atom stereocenters. The van der Waals surface area contributed by atoms with Crippen LogP contribution in [0.1, 0.15) is 5.56 Å². The van der Waals surface area contributed by atoms with Gasteiger partial charge in [0.2, 0.25) is 5.95 Å². The minimum atomic E-state index is 0.388. The summed E-state index contributed by atoms with van der Waals surface area (Å²) in [6, 6.07) is 86.9. The maximum Gasteiger partial charge on any atom is 0.238 e. The van der Waals surface area contributed by atoms with Gasteiger partial charge < -0.3 is 14.4 Å². The molecule has 74 heavy (non-hydrogen) atoms. The number of nitrogens with zero attached hydrogens (tertiary/aromatic N) is 9. The van der Waals surface area contributed by atoms with Gasteiger partial charge in [0.1, 0.15) is 0 Å². The molecule has 0 bridgehead atoms. The second-order valence-corrected chi connectivity index (χ2v) is 17.9. The Morgan fingerprint density at radius 1 is 0.392 bits per heavy atom. The number of hydrogen-bond donors (Lipinski definition) is 0. The Morgan fingerprint density at radius 3 is 1.31 bits per heavy atom. The van der Waals surface area contributed by atoms with Gasteiger partial charge in [-0.15, -0.1) is 0 Å². The van der Waals surface area contributed by atoms with E-state index in [2.05, 4.69) is 188 Å². The summed E-state index contributed by atoms with van der Waals surface area (Å²) in [6.45, 7) is 8.30. The fraction of sp³-hybridized carbons (Fsp3) is 0. The normalized spacial score (nSPS) is 11.2. The number of anilines is 6. The molecule has 10 aromatic carbocycles. The molecule has 13 aromatic rings. The maximum atomic E-state index is 9.75. The lowest BCUT2D eigenvalue weighted by atomic mass is 10.1. The smallest absolute Gasteiger partial charge is 0.238 e. The topological polar surface area (TPSA) is 83.2 Å². The summed E-state index contributed by atoms with van der Waals surface area (Å²) < 4.78 is 4.36. The van der Waals surface area contributed by atoms with Gasteiger partial charge in [0.05, 0.1) is 46.0 Å². The number of hydrogen-bond acceptors (Lipinski definition) is 6. The van der Waals surface area contributed by atoms with Crippen LogP contribution in [-0.4, -0.2) is 24.1 Å². The third-order valence-electron chi connectivity index (χ3n) is 13.6. The van der Waals surface area contributed by atoms with E-state index in [1.54, 1.807) is 12.1 Å². The summed E-state index contributed by atoms with van der Waals surface area (Å²) in [5.41, 5.74) is 13.0. The Bertz CT molecular complexity index is 4050. The van der Waals surface area contributed by atoms with E-state index in [0.717, 1.165) is 89.0 Å². The highest BCUT2D eigenvalue weighted by atomic mass is 15.2. The fourth-order valence-corrected chi connectivity index (χ4v) is 10.3. The highest BCUT2D eigenvalue weighted by Crippen LogP contribution is 2.44. The number of para-hydroxylation sites is 6. The zero-order valence-corrected chi connectivity index (χ0v) is 39.7. The van der Waals surface area contributed by atoms with Crippen LogP contribution in [0.15, 0.2) is 249 Å². The summed E-state index contributed by atoms with van der Waals surface area (Å²) >= 11 is 0. The molecule has 0 saturated carbocycles. The van der Waals surface area contributed by atoms with Crippen LogP contribution in [0, 0.1) is 17.9 Å². The number of benzene rings is 10. The lowest BCUT2D eigenvalue weighted by Gasteiger charge is -2.26. The molecular formula is C65H41N9. The zero-order chi connectivity index (χ0) is 49.5. The predicted octanol–water partition coefficient (Wildman–Crippen LogP) is 16.8. The molecule has 3 heterocycles. The number of aromatic nitrogens is 5. The SMILES string of the molecule is [C-]#[N+]c1ccc(-n2c3ccc(N(c4ccccc4)c4ccccc4)cc3c3cc(N(c4ccccc4)c4ccccc4)ccc32)c(-c2nc(-c3ccc(C#N)cc3)nc(-n3c4ccccc4c4ccccc43)n2)c1. The van der Waals surface area contributed by atoms with E-state index in [1.165, 1.54) is 0 Å². The first kappa shape index (κ1) is 43.4. The molecule has 0 spiro atoms. The molecule has 0 fully saturated rings. The van der Waals surface area contributed by atoms with E-state index in [-0.39, 0.29) is 0 Å². The van der Waals surface area contributed by atoms with Crippen LogP contribution in [0.25, 0.3) is 82.9 Å². The lowest BCUT2D eigenvalue weighted by Crippen LogP contribution is -2.09. The van der Waals surface area contributed by atoms with Crippen molar-refractivity contribution in [2.45, 2.75) is 0 Å². The first-order chi connectivity index (χ1) is 36.6. The fourth-order valence-electron chi connectivity index (χ4n) is 10.3. The molecule has 0 N–H and O–H groups in total. The van der Waals surface area contributed by atoms with E-state index >= 15 is 0 Å². The molecular weight excluding hydrogens is 907 g/mol. The molecule has 0 amide bonds. The van der Waals surface area contributed by atoms with Crippen LogP contribution in [0.3, 0.4) is 0 Å². The van der Waals surface area contributed by atoms with E-state index in [4.69, 9.17) is 21.5 Å². The van der Waals surface area contributed by atoms with Gasteiger partial charge in [0, 0.05) is 66.8 Å². The molecule has 0 radical (unpaired) electrons. The van der Waals surface area contributed by atoms with Crippen molar-refractivity contribution in [3.63, 3.8) is 0 Å². The van der Waals surface area contributed by atoms with Crippen molar-refractivity contribution in [2.75, 3.05) is 9.80 Å². The molecule has 0 atom stereocenters. The Labute approximate surface area is 426 Å². The monoisotopic (exact) mass is 947 g/mol. The molecule has 0 aliphatic rings. The van der Waals surface area contributed by atoms with Crippen LogP contribution < -0.4 is 9.80 Å². The third-order valence-corrected chi connectivity index (χ3v) is 13.6. The van der Waals surface area contributed by atoms with Crippen LogP contribution in [0.4, 0.5) is 39.8 Å². The lowest BCUT2D eigenvalue weighted by molar-refractivity contribution is 0.952. The number of nitriles is 1. The minimum absolute atomic E-state index is 0.388. The summed E-state index contributed by atoms with van der Waals surface area (Å²) in [5, 5.41) is 13.9. The van der Waals surface area contributed by atoms with Crippen molar-refractivity contribution in [2.24, 2.45) is 0 Å². The molecule has 0 aliphatic carbocycles. The van der Waals surface area contributed by atoms with E-state index in [0.29, 0.717) is 34.4 Å². The van der Waals surface area contributed by atoms with Gasteiger partial charge in [-0.25, -0.2) is 9.83 Å². The van der Waals surface area contributed by atoms with Crippen LogP contribution >= 0.6 is 0 Å². The summed E-state index contributed by atoms with van der Waals surface area (Å²) in [7, 11) is 0. The van der Waals surface area contributed by atoms with Crippen molar-refractivity contribution in [3.8, 4) is 40.5 Å². The van der Waals surface area contributed by atoms with Crippen LogP contribution in [0.5, 0.6) is 0 Å². The Morgan fingerprint density at radius 2 is 0.838 bits per heavy atom. The molecule has 0 saturated heterocycles. The molecule has 346 valence electrons. The Hall–Kier alpha value is -10.6. The standard InChI is InChI=1S/C65H41N9/c1-67-46-34-37-62(57(40-46)64-68-63(45-32-30-44(43-66)31-33-45)69-65(70-64)74-58-28-16-14-26-53(58)54-27-15-17-29-59(54)74)73-60-38-35-51(71(47-18-6-2-7-19-47)48-20-8-3-9-21-48)41-55(60)56-42-52(36-39-61(56)73)72(49-22-10-4-11-23-49)50-24-12-5-13-25-50/h2-42H. The van der Waals surface area contributed by atoms with E-state index < -0.39 is 0 Å². The number of rotatable bonds is 10. The second kappa shape index (κ2) is 18.3. The highest BCUT2D eigenvalue weighted by Gasteiger charge is 2.24. The summed E-state index contributed by atoms with van der Waals surface area (Å²) in [6.07, 6.45) is 0. The van der Waals surface area contributed by atoms with Crippen molar-refractivity contribution >= 4 is 83.4 Å². The second-order valence-electron chi connectivity index (χ2n) is 17.9. The molecule has 9 nitrogen and oxygen atoms in total. The Kier molecular flexibility index (Phi) is 10.7. The van der Waals surface area contributed by atoms with Gasteiger partial charge in [-0.1, -0.05) is 115 Å². The minimum Gasteiger partial charge on any atom is -0.310 e. The van der Waals surface area contributed by atoms with Crippen molar-refractivity contribution in [1.82, 2.24) is 24.1 Å². The van der Waals surface area contributed by atoms with Crippen molar-refractivity contribution in [3.05, 3.63) is 266 Å². The van der Waals surface area contributed by atoms with Gasteiger partial charge in [0.15, 0.2) is 17.3 Å². The molecule has 9 heteroatoms. The average Bonchev–Trinajstić information content (AvgIpc) is 4.02. The van der Waals surface area contributed by atoms with Crippen molar-refractivity contribution in [1.29, 1.82) is 5.26 Å². The Balaban J connectivity index is 1.09. The third kappa shape index (κ3) is 7.53. The summed E-state index contributed by atoms with van der Waals surface area (Å²) in [5.74, 6) is 1.24. The van der Waals surface area contributed by atoms with Gasteiger partial charge in [0.25, 0.3) is 0 Å². The van der Waals surface area contributed by atoms with Crippen LogP contribution in [0.2, 0.25) is 0 Å². The maximum absolute atomic E-state index is 9.75. The number of fused-ring (bicyclic) bond motifs is 6. The first-order valence-electron chi connectivity index (χ1n) is 24.3. The highest BCUT2D eigenvalue weighted by molar-refractivity contribution is 6.13. The van der Waals surface area contributed by atoms with Gasteiger partial charge in [-0.3, -0.25) is 4.57 Å². The van der Waals surface area contributed by atoms with E-state index in [9.17, 15) is 5.26 Å². The quantitative estimate of drug-likeness (QED) is 0.127. The predicted molar refractivity (Wildman–Crippen MR) is 300 cm³/mol. The van der Waals surface area contributed by atoms with Gasteiger partial charge in [-0.05, 0) is 133 Å². The van der Waals surface area contributed by atoms with E-state index in [1.807, 2.05) is 78.9 Å². The zero-order valence-electron chi connectivity index (χ0n) is 39.7. The van der Waals surface area contributed by atoms with Crippen LogP contribution in [-0.2, 0) is 0 Å². The molecule has 3 aromatic heterocycles.